The second-order valence-electron chi connectivity index (χ2n) is 4.62. The monoisotopic (exact) mass is 238 g/mol. The summed E-state index contributed by atoms with van der Waals surface area (Å²) < 4.78 is 5.14. The number of nitrogens with one attached hydrogen (secondary N) is 1. The maximum absolute atomic E-state index is 5.14. The highest BCUT2D eigenvalue weighted by Crippen LogP contribution is 2.07. The molecule has 17 heavy (non-hydrogen) atoms. The summed E-state index contributed by atoms with van der Waals surface area (Å²) in [7, 11) is 0. The molecule has 1 N–H and O–H groups in total. The van der Waals surface area contributed by atoms with Gasteiger partial charge >= 0.3 is 0 Å². The van der Waals surface area contributed by atoms with E-state index in [9.17, 15) is 0 Å². The largest absolute Gasteiger partial charge is 0.447 e. The molecule has 1 heterocycles. The third-order valence-electron chi connectivity index (χ3n) is 2.99. The zero-order chi connectivity index (χ0) is 12.2. The summed E-state index contributed by atoms with van der Waals surface area (Å²) in [6.45, 7) is 4.15. The van der Waals surface area contributed by atoms with Crippen molar-refractivity contribution in [3.63, 3.8) is 0 Å². The van der Waals surface area contributed by atoms with E-state index in [2.05, 4.69) is 17.2 Å². The maximum Gasteiger partial charge on any atom is 0.180 e. The Morgan fingerprint density at radius 2 is 1.76 bits per heavy atom. The Hall–Kier alpha value is -0.830. The van der Waals surface area contributed by atoms with Crippen LogP contribution in [0.25, 0.3) is 0 Å². The molecule has 0 fully saturated rings. The topological polar surface area (TPSA) is 38.1 Å². The van der Waals surface area contributed by atoms with Gasteiger partial charge < -0.3 is 9.73 Å². The summed E-state index contributed by atoms with van der Waals surface area (Å²) in [5, 5.41) is 3.37. The zero-order valence-electron chi connectivity index (χ0n) is 11.1. The summed E-state index contributed by atoms with van der Waals surface area (Å²) in [6, 6.07) is 0. The van der Waals surface area contributed by atoms with E-state index in [1.165, 1.54) is 57.8 Å². The van der Waals surface area contributed by atoms with Crippen molar-refractivity contribution in [2.45, 2.75) is 64.8 Å². The van der Waals surface area contributed by atoms with Crippen LogP contribution >= 0.6 is 0 Å². The van der Waals surface area contributed by atoms with E-state index in [1.807, 2.05) is 0 Å². The van der Waals surface area contributed by atoms with Crippen LogP contribution in [0.5, 0.6) is 0 Å². The minimum atomic E-state index is 0.802. The highest BCUT2D eigenvalue weighted by Gasteiger charge is 1.95. The fraction of sp³-hybridized carbons (Fsp3) is 0.786. The molecule has 0 atom stereocenters. The molecule has 0 aliphatic heterocycles. The molecule has 0 saturated carbocycles. The van der Waals surface area contributed by atoms with Gasteiger partial charge in [-0.2, -0.15) is 0 Å². The molecule has 3 nitrogen and oxygen atoms in total. The Balaban J connectivity index is 1.76. The molecular formula is C14H26N2O. The van der Waals surface area contributed by atoms with Gasteiger partial charge in [-0.25, -0.2) is 4.98 Å². The van der Waals surface area contributed by atoms with Gasteiger partial charge in [0.1, 0.15) is 5.76 Å². The molecule has 1 aromatic rings. The Labute approximate surface area is 105 Å². The highest BCUT2D eigenvalue weighted by atomic mass is 16.3. The first-order valence-corrected chi connectivity index (χ1v) is 7.01. The van der Waals surface area contributed by atoms with Crippen LogP contribution in [0.3, 0.4) is 0 Å². The molecule has 1 aromatic heterocycles. The lowest BCUT2D eigenvalue weighted by Crippen LogP contribution is -2.14. The zero-order valence-corrected chi connectivity index (χ0v) is 11.1. The Kier molecular flexibility index (Phi) is 8.65. The van der Waals surface area contributed by atoms with Crippen LogP contribution in [0.15, 0.2) is 17.0 Å². The lowest BCUT2D eigenvalue weighted by atomic mass is 10.1. The third kappa shape index (κ3) is 7.97. The van der Waals surface area contributed by atoms with Crippen molar-refractivity contribution >= 4 is 0 Å². The van der Waals surface area contributed by atoms with Crippen LogP contribution in [0.4, 0.5) is 0 Å². The van der Waals surface area contributed by atoms with Gasteiger partial charge in [-0.1, -0.05) is 51.9 Å². The molecule has 0 aliphatic rings. The molecule has 0 saturated heterocycles. The van der Waals surface area contributed by atoms with E-state index >= 15 is 0 Å². The van der Waals surface area contributed by atoms with Gasteiger partial charge in [0.25, 0.3) is 0 Å². The first-order valence-electron chi connectivity index (χ1n) is 7.01. The van der Waals surface area contributed by atoms with Gasteiger partial charge in [0, 0.05) is 0 Å². The van der Waals surface area contributed by atoms with Crippen molar-refractivity contribution in [2.75, 3.05) is 6.54 Å². The van der Waals surface area contributed by atoms with E-state index in [1.54, 1.807) is 6.20 Å². The lowest BCUT2D eigenvalue weighted by molar-refractivity contribution is 0.472. The van der Waals surface area contributed by atoms with Crippen LogP contribution in [-0.4, -0.2) is 11.5 Å². The Morgan fingerprint density at radius 1 is 1.06 bits per heavy atom. The van der Waals surface area contributed by atoms with Gasteiger partial charge in [-0.15, -0.1) is 0 Å². The van der Waals surface area contributed by atoms with E-state index < -0.39 is 0 Å². The summed E-state index contributed by atoms with van der Waals surface area (Å²) >= 11 is 0. The van der Waals surface area contributed by atoms with Crippen LogP contribution in [0.1, 0.15) is 64.1 Å². The molecule has 0 amide bonds. The summed E-state index contributed by atoms with van der Waals surface area (Å²) in [6.07, 6.45) is 14.2. The maximum atomic E-state index is 5.14. The number of rotatable bonds is 11. The average molecular weight is 238 g/mol. The molecule has 0 spiro atoms. The minimum Gasteiger partial charge on any atom is -0.447 e. The normalized spacial score (nSPS) is 10.9. The van der Waals surface area contributed by atoms with Crippen molar-refractivity contribution in [3.8, 4) is 0 Å². The molecule has 0 aromatic carbocycles. The van der Waals surface area contributed by atoms with Crippen molar-refractivity contribution in [2.24, 2.45) is 0 Å². The fourth-order valence-electron chi connectivity index (χ4n) is 1.92. The molecule has 0 unspecified atom stereocenters. The van der Waals surface area contributed by atoms with Crippen molar-refractivity contribution in [1.29, 1.82) is 0 Å². The molecule has 1 rings (SSSR count). The third-order valence-corrected chi connectivity index (χ3v) is 2.99. The number of oxazole rings is 1. The number of unbranched alkanes of at least 4 members (excludes halogenated alkanes) is 7. The van der Waals surface area contributed by atoms with Gasteiger partial charge in [0.2, 0.25) is 0 Å². The van der Waals surface area contributed by atoms with Gasteiger partial charge in [0.05, 0.1) is 12.7 Å². The molecule has 0 aliphatic carbocycles. The highest BCUT2D eigenvalue weighted by molar-refractivity contribution is 4.86. The van der Waals surface area contributed by atoms with E-state index in [4.69, 9.17) is 4.42 Å². The van der Waals surface area contributed by atoms with Crippen molar-refractivity contribution < 1.29 is 4.42 Å². The molecule has 3 heteroatoms. The van der Waals surface area contributed by atoms with Gasteiger partial charge in [-0.05, 0) is 13.0 Å². The first kappa shape index (κ1) is 14.2. The van der Waals surface area contributed by atoms with E-state index in [-0.39, 0.29) is 0 Å². The molecule has 98 valence electrons. The number of aromatic nitrogens is 1. The summed E-state index contributed by atoms with van der Waals surface area (Å²) in [4.78, 5) is 3.88. The van der Waals surface area contributed by atoms with E-state index in [0.29, 0.717) is 0 Å². The standard InChI is InChI=1S/C14H26N2O/c1-2-3-4-5-6-7-8-9-10-15-11-14-12-16-13-17-14/h12-13,15H,2-11H2,1H3. The number of hydrogen-bond acceptors (Lipinski definition) is 3. The Bertz CT molecular complexity index is 247. The molecular weight excluding hydrogens is 212 g/mol. The Morgan fingerprint density at radius 3 is 2.41 bits per heavy atom. The van der Waals surface area contributed by atoms with Crippen molar-refractivity contribution in [1.82, 2.24) is 10.3 Å². The molecule has 0 radical (unpaired) electrons. The summed E-state index contributed by atoms with van der Waals surface area (Å²) in [5.41, 5.74) is 0. The van der Waals surface area contributed by atoms with Crippen LogP contribution in [0, 0.1) is 0 Å². The van der Waals surface area contributed by atoms with Crippen LogP contribution < -0.4 is 5.32 Å². The van der Waals surface area contributed by atoms with Gasteiger partial charge in [0.15, 0.2) is 6.39 Å². The number of nitrogens with zero attached hydrogens (tertiary/aromatic N) is 1. The minimum absolute atomic E-state index is 0.802. The number of hydrogen-bond donors (Lipinski definition) is 1. The fourth-order valence-corrected chi connectivity index (χ4v) is 1.92. The lowest BCUT2D eigenvalue weighted by Gasteiger charge is -2.03. The van der Waals surface area contributed by atoms with Crippen LogP contribution in [-0.2, 0) is 6.54 Å². The predicted molar refractivity (Wildman–Crippen MR) is 70.8 cm³/mol. The van der Waals surface area contributed by atoms with E-state index in [0.717, 1.165) is 18.8 Å². The second-order valence-corrected chi connectivity index (χ2v) is 4.62. The van der Waals surface area contributed by atoms with Crippen molar-refractivity contribution in [3.05, 3.63) is 18.4 Å². The quantitative estimate of drug-likeness (QED) is 0.594. The summed E-state index contributed by atoms with van der Waals surface area (Å²) in [5.74, 6) is 0.921. The SMILES string of the molecule is CCCCCCCCCCNCc1cnco1. The molecule has 0 bridgehead atoms. The average Bonchev–Trinajstić information content (AvgIpc) is 2.85. The second kappa shape index (κ2) is 10.3. The predicted octanol–water partition coefficient (Wildman–Crippen LogP) is 3.90. The first-order chi connectivity index (χ1) is 8.43. The van der Waals surface area contributed by atoms with Crippen LogP contribution in [0.2, 0.25) is 0 Å². The van der Waals surface area contributed by atoms with Gasteiger partial charge in [-0.3, -0.25) is 0 Å². The smallest absolute Gasteiger partial charge is 0.180 e.